The van der Waals surface area contributed by atoms with Crippen LogP contribution in [-0.4, -0.2) is 18.9 Å². The topological polar surface area (TPSA) is 43.4 Å². The van der Waals surface area contributed by atoms with E-state index in [1.54, 1.807) is 12.1 Å². The van der Waals surface area contributed by atoms with Crippen LogP contribution in [0.4, 0.5) is 0 Å². The first kappa shape index (κ1) is 17.6. The fraction of sp³-hybridized carbons (Fsp3) is 0.130. The normalized spacial score (nSPS) is 11.6. The van der Waals surface area contributed by atoms with E-state index in [-0.39, 0.29) is 17.7 Å². The predicted molar refractivity (Wildman–Crippen MR) is 101 cm³/mol. The summed E-state index contributed by atoms with van der Waals surface area (Å²) in [6.07, 6.45) is 0.569. The smallest absolute Gasteiger partial charge is 0.337 e. The first-order valence-electron chi connectivity index (χ1n) is 8.50. The molecule has 3 aromatic rings. The SMILES string of the molecule is COC(=O)c1ccc(CC(C(=O)c2ccccc2)c2ccccc2)cc1. The van der Waals surface area contributed by atoms with Gasteiger partial charge < -0.3 is 4.74 Å². The van der Waals surface area contributed by atoms with Gasteiger partial charge in [0.2, 0.25) is 0 Å². The molecule has 26 heavy (non-hydrogen) atoms. The highest BCUT2D eigenvalue weighted by Gasteiger charge is 2.22. The Hall–Kier alpha value is -3.20. The minimum absolute atomic E-state index is 0.0915. The molecule has 1 atom stereocenters. The van der Waals surface area contributed by atoms with E-state index >= 15 is 0 Å². The van der Waals surface area contributed by atoms with Crippen LogP contribution in [0.3, 0.4) is 0 Å². The summed E-state index contributed by atoms with van der Waals surface area (Å²) in [5, 5.41) is 0. The standard InChI is InChI=1S/C23H20O3/c1-26-23(25)20-14-12-17(13-15-20)16-21(18-8-4-2-5-9-18)22(24)19-10-6-3-7-11-19/h2-15,21H,16H2,1H3. The van der Waals surface area contributed by atoms with Crippen LogP contribution < -0.4 is 0 Å². The number of carbonyl (C=O) groups is 2. The summed E-state index contributed by atoms with van der Waals surface area (Å²) in [5.41, 5.74) is 3.18. The number of esters is 1. The molecule has 0 N–H and O–H groups in total. The molecular formula is C23H20O3. The van der Waals surface area contributed by atoms with Crippen molar-refractivity contribution in [2.45, 2.75) is 12.3 Å². The maximum absolute atomic E-state index is 13.1. The molecule has 130 valence electrons. The lowest BCUT2D eigenvalue weighted by molar-refractivity contribution is 0.0600. The third-order valence-electron chi connectivity index (χ3n) is 4.39. The van der Waals surface area contributed by atoms with Gasteiger partial charge in [-0.15, -0.1) is 0 Å². The molecule has 0 saturated heterocycles. The van der Waals surface area contributed by atoms with Crippen molar-refractivity contribution in [2.24, 2.45) is 0 Å². The number of methoxy groups -OCH3 is 1. The molecule has 0 aromatic heterocycles. The summed E-state index contributed by atoms with van der Waals surface area (Å²) < 4.78 is 4.73. The fourth-order valence-electron chi connectivity index (χ4n) is 2.98. The van der Waals surface area contributed by atoms with Gasteiger partial charge in [0.05, 0.1) is 18.6 Å². The molecule has 1 unspecified atom stereocenters. The Balaban J connectivity index is 1.89. The van der Waals surface area contributed by atoms with Crippen molar-refractivity contribution in [3.05, 3.63) is 107 Å². The van der Waals surface area contributed by atoms with E-state index in [4.69, 9.17) is 4.74 Å². The molecule has 0 saturated carbocycles. The average molecular weight is 344 g/mol. The molecule has 0 spiro atoms. The quantitative estimate of drug-likeness (QED) is 0.481. The molecular weight excluding hydrogens is 324 g/mol. The molecule has 0 amide bonds. The van der Waals surface area contributed by atoms with Crippen LogP contribution in [0, 0.1) is 0 Å². The summed E-state index contributed by atoms with van der Waals surface area (Å²) in [4.78, 5) is 24.7. The van der Waals surface area contributed by atoms with Gasteiger partial charge in [0.15, 0.2) is 5.78 Å². The Kier molecular flexibility index (Phi) is 5.59. The average Bonchev–Trinajstić information content (AvgIpc) is 2.72. The van der Waals surface area contributed by atoms with Crippen LogP contribution >= 0.6 is 0 Å². The molecule has 0 aliphatic rings. The van der Waals surface area contributed by atoms with Crippen LogP contribution in [0.5, 0.6) is 0 Å². The number of carbonyl (C=O) groups excluding carboxylic acids is 2. The van der Waals surface area contributed by atoms with Crippen LogP contribution in [0.1, 0.15) is 37.8 Å². The Morgan fingerprint density at radius 3 is 1.92 bits per heavy atom. The molecule has 0 radical (unpaired) electrons. The van der Waals surface area contributed by atoms with E-state index in [1.807, 2.05) is 72.8 Å². The summed E-state index contributed by atoms with van der Waals surface area (Å²) in [7, 11) is 1.36. The van der Waals surface area contributed by atoms with Crippen molar-refractivity contribution in [3.63, 3.8) is 0 Å². The van der Waals surface area contributed by atoms with Gasteiger partial charge in [0, 0.05) is 5.56 Å². The maximum atomic E-state index is 13.1. The summed E-state index contributed by atoms with van der Waals surface area (Å²) in [5.74, 6) is -0.548. The van der Waals surface area contributed by atoms with Crippen LogP contribution in [0.25, 0.3) is 0 Å². The summed E-state index contributed by atoms with van der Waals surface area (Å²) in [6.45, 7) is 0. The van der Waals surface area contributed by atoms with Gasteiger partial charge >= 0.3 is 5.97 Å². The zero-order valence-electron chi connectivity index (χ0n) is 14.6. The molecule has 0 aliphatic carbocycles. The number of Topliss-reactive ketones (excluding diaryl/α,β-unsaturated/α-hetero) is 1. The van der Waals surface area contributed by atoms with Gasteiger partial charge in [0.1, 0.15) is 0 Å². The minimum atomic E-state index is -0.364. The number of ether oxygens (including phenoxy) is 1. The molecule has 3 nitrogen and oxygen atoms in total. The fourth-order valence-corrected chi connectivity index (χ4v) is 2.98. The van der Waals surface area contributed by atoms with Gasteiger partial charge in [-0.2, -0.15) is 0 Å². The van der Waals surface area contributed by atoms with Gasteiger partial charge in [-0.05, 0) is 29.7 Å². The zero-order chi connectivity index (χ0) is 18.4. The first-order chi connectivity index (χ1) is 12.7. The van der Waals surface area contributed by atoms with Crippen LogP contribution in [-0.2, 0) is 11.2 Å². The Morgan fingerprint density at radius 1 is 0.769 bits per heavy atom. The van der Waals surface area contributed by atoms with Crippen molar-refractivity contribution >= 4 is 11.8 Å². The second-order valence-electron chi connectivity index (χ2n) is 6.09. The maximum Gasteiger partial charge on any atom is 0.337 e. The van der Waals surface area contributed by atoms with E-state index in [9.17, 15) is 9.59 Å². The Morgan fingerprint density at radius 2 is 1.35 bits per heavy atom. The van der Waals surface area contributed by atoms with Gasteiger partial charge in [-0.25, -0.2) is 4.79 Å². The Labute approximate surface area is 153 Å². The molecule has 3 rings (SSSR count). The van der Waals surface area contributed by atoms with E-state index in [1.165, 1.54) is 7.11 Å². The number of benzene rings is 3. The van der Waals surface area contributed by atoms with Gasteiger partial charge in [-0.3, -0.25) is 4.79 Å². The highest BCUT2D eigenvalue weighted by atomic mass is 16.5. The highest BCUT2D eigenvalue weighted by Crippen LogP contribution is 2.25. The van der Waals surface area contributed by atoms with Crippen LogP contribution in [0.15, 0.2) is 84.9 Å². The second kappa shape index (κ2) is 8.26. The zero-order valence-corrected chi connectivity index (χ0v) is 14.6. The molecule has 3 heteroatoms. The van der Waals surface area contributed by atoms with E-state index in [0.29, 0.717) is 17.5 Å². The molecule has 0 aliphatic heterocycles. The monoisotopic (exact) mass is 344 g/mol. The van der Waals surface area contributed by atoms with Crippen molar-refractivity contribution < 1.29 is 14.3 Å². The largest absolute Gasteiger partial charge is 0.465 e. The van der Waals surface area contributed by atoms with Crippen molar-refractivity contribution in [1.82, 2.24) is 0 Å². The lowest BCUT2D eigenvalue weighted by Crippen LogP contribution is -2.16. The predicted octanol–water partition coefficient (Wildman–Crippen LogP) is 4.68. The third-order valence-corrected chi connectivity index (χ3v) is 4.39. The minimum Gasteiger partial charge on any atom is -0.465 e. The molecule has 0 heterocycles. The summed E-state index contributed by atoms with van der Waals surface area (Å²) in [6, 6.07) is 26.4. The lowest BCUT2D eigenvalue weighted by Gasteiger charge is -2.17. The first-order valence-corrected chi connectivity index (χ1v) is 8.50. The second-order valence-corrected chi connectivity index (χ2v) is 6.09. The van der Waals surface area contributed by atoms with E-state index in [0.717, 1.165) is 11.1 Å². The molecule has 0 fully saturated rings. The highest BCUT2D eigenvalue weighted by molar-refractivity contribution is 6.01. The van der Waals surface area contributed by atoms with Crippen molar-refractivity contribution in [2.75, 3.05) is 7.11 Å². The number of ketones is 1. The van der Waals surface area contributed by atoms with Crippen molar-refractivity contribution in [1.29, 1.82) is 0 Å². The molecule has 0 bridgehead atoms. The van der Waals surface area contributed by atoms with Gasteiger partial charge in [-0.1, -0.05) is 72.8 Å². The Bertz CT molecular complexity index is 868. The van der Waals surface area contributed by atoms with Crippen LogP contribution in [0.2, 0.25) is 0 Å². The third kappa shape index (κ3) is 4.06. The van der Waals surface area contributed by atoms with Crippen molar-refractivity contribution in [3.8, 4) is 0 Å². The number of hydrogen-bond acceptors (Lipinski definition) is 3. The van der Waals surface area contributed by atoms with E-state index < -0.39 is 0 Å². The molecule has 3 aromatic carbocycles. The lowest BCUT2D eigenvalue weighted by atomic mass is 9.85. The number of hydrogen-bond donors (Lipinski definition) is 0. The number of rotatable bonds is 6. The van der Waals surface area contributed by atoms with E-state index in [2.05, 4.69) is 0 Å². The van der Waals surface area contributed by atoms with Gasteiger partial charge in [0.25, 0.3) is 0 Å². The summed E-state index contributed by atoms with van der Waals surface area (Å²) >= 11 is 0.